The van der Waals surface area contributed by atoms with Crippen LogP contribution in [0.4, 0.5) is 0 Å². The minimum absolute atomic E-state index is 0.0774. The standard InChI is InChI=1S/C10H11ClN2O5S2/c11-6-2-1-5(3-8(6)20(12,17)18)9(14)13-7(4-19)10(15)16/h1-3,7,19H,4H2,(H,13,14)(H,15,16)(H2,12,17,18)/t7-/m0/s1. The molecule has 0 aromatic heterocycles. The molecule has 4 N–H and O–H groups in total. The number of carbonyl (C=O) groups excluding carboxylic acids is 1. The van der Waals surface area contributed by atoms with Crippen molar-refractivity contribution in [3.63, 3.8) is 0 Å². The van der Waals surface area contributed by atoms with Crippen molar-refractivity contribution in [3.8, 4) is 0 Å². The number of halogens is 1. The Bertz CT molecular complexity index is 647. The van der Waals surface area contributed by atoms with Gasteiger partial charge in [0.2, 0.25) is 10.0 Å². The lowest BCUT2D eigenvalue weighted by molar-refractivity contribution is -0.138. The van der Waals surface area contributed by atoms with Gasteiger partial charge in [0.1, 0.15) is 10.9 Å². The summed E-state index contributed by atoms with van der Waals surface area (Å²) in [5, 5.41) is 15.8. The highest BCUT2D eigenvalue weighted by molar-refractivity contribution is 7.89. The summed E-state index contributed by atoms with van der Waals surface area (Å²) in [4.78, 5) is 22.2. The number of rotatable bonds is 5. The number of nitrogens with one attached hydrogen (secondary N) is 1. The predicted octanol–water partition coefficient (Wildman–Crippen LogP) is 0.100. The highest BCUT2D eigenvalue weighted by Gasteiger charge is 2.21. The van der Waals surface area contributed by atoms with E-state index in [1.54, 1.807) is 0 Å². The Hall–Kier alpha value is -1.29. The van der Waals surface area contributed by atoms with E-state index in [9.17, 15) is 18.0 Å². The minimum Gasteiger partial charge on any atom is -0.480 e. The second-order valence-corrected chi connectivity index (χ2v) is 6.04. The lowest BCUT2D eigenvalue weighted by Crippen LogP contribution is -2.42. The first kappa shape index (κ1) is 16.8. The average molecular weight is 339 g/mol. The van der Waals surface area contributed by atoms with Crippen LogP contribution in [-0.4, -0.2) is 37.2 Å². The van der Waals surface area contributed by atoms with E-state index in [-0.39, 0.29) is 16.3 Å². The molecule has 1 aromatic rings. The van der Waals surface area contributed by atoms with Gasteiger partial charge in [-0.2, -0.15) is 12.6 Å². The van der Waals surface area contributed by atoms with Crippen LogP contribution in [0.15, 0.2) is 23.1 Å². The first-order chi connectivity index (χ1) is 9.16. The lowest BCUT2D eigenvalue weighted by atomic mass is 10.2. The monoisotopic (exact) mass is 338 g/mol. The fourth-order valence-electron chi connectivity index (χ4n) is 1.29. The SMILES string of the molecule is NS(=O)(=O)c1cc(C(=O)N[C@@H](CS)C(=O)O)ccc1Cl. The molecule has 0 saturated heterocycles. The summed E-state index contributed by atoms with van der Waals surface area (Å²) in [6, 6.07) is 2.22. The molecule has 110 valence electrons. The molecule has 0 spiro atoms. The van der Waals surface area contributed by atoms with Crippen molar-refractivity contribution in [3.05, 3.63) is 28.8 Å². The molecule has 1 amide bonds. The molecule has 7 nitrogen and oxygen atoms in total. The highest BCUT2D eigenvalue weighted by atomic mass is 35.5. The van der Waals surface area contributed by atoms with Crippen molar-refractivity contribution < 1.29 is 23.1 Å². The maximum Gasteiger partial charge on any atom is 0.327 e. The summed E-state index contributed by atoms with van der Waals surface area (Å²) in [5.74, 6) is -2.14. The molecular formula is C10H11ClN2O5S2. The van der Waals surface area contributed by atoms with Gasteiger partial charge in [0.15, 0.2) is 0 Å². The second-order valence-electron chi connectivity index (χ2n) is 3.74. The number of aliphatic carboxylic acids is 1. The normalized spacial score (nSPS) is 12.8. The van der Waals surface area contributed by atoms with Gasteiger partial charge in [-0.1, -0.05) is 11.6 Å². The number of carboxylic acids is 1. The zero-order valence-electron chi connectivity index (χ0n) is 9.91. The molecule has 20 heavy (non-hydrogen) atoms. The Balaban J connectivity index is 3.09. The van der Waals surface area contributed by atoms with Crippen LogP contribution < -0.4 is 10.5 Å². The van der Waals surface area contributed by atoms with Gasteiger partial charge in [-0.05, 0) is 18.2 Å². The van der Waals surface area contributed by atoms with E-state index >= 15 is 0 Å². The van der Waals surface area contributed by atoms with Gasteiger partial charge in [-0.15, -0.1) is 0 Å². The fourth-order valence-corrected chi connectivity index (χ4v) is 2.61. The summed E-state index contributed by atoms with van der Waals surface area (Å²) < 4.78 is 22.5. The van der Waals surface area contributed by atoms with Crippen LogP contribution in [0.5, 0.6) is 0 Å². The van der Waals surface area contributed by atoms with Gasteiger partial charge in [-0.25, -0.2) is 18.4 Å². The van der Waals surface area contributed by atoms with E-state index in [2.05, 4.69) is 17.9 Å². The molecule has 0 aliphatic carbocycles. The van der Waals surface area contributed by atoms with E-state index < -0.39 is 32.8 Å². The van der Waals surface area contributed by atoms with Crippen LogP contribution in [-0.2, 0) is 14.8 Å². The van der Waals surface area contributed by atoms with Crippen molar-refractivity contribution >= 4 is 46.1 Å². The number of sulfonamides is 1. The van der Waals surface area contributed by atoms with Crippen LogP contribution in [0, 0.1) is 0 Å². The maximum atomic E-state index is 11.8. The maximum absolute atomic E-state index is 11.8. The molecule has 10 heteroatoms. The lowest BCUT2D eigenvalue weighted by Gasteiger charge is -2.12. The Morgan fingerprint density at radius 3 is 2.50 bits per heavy atom. The van der Waals surface area contributed by atoms with Crippen LogP contribution >= 0.6 is 24.2 Å². The van der Waals surface area contributed by atoms with E-state index in [0.29, 0.717) is 0 Å². The Morgan fingerprint density at radius 1 is 1.45 bits per heavy atom. The molecule has 0 bridgehead atoms. The quantitative estimate of drug-likeness (QED) is 0.566. The number of benzene rings is 1. The summed E-state index contributed by atoms with van der Waals surface area (Å²) in [6.07, 6.45) is 0. The number of thiol groups is 1. The number of amides is 1. The highest BCUT2D eigenvalue weighted by Crippen LogP contribution is 2.21. The Kier molecular flexibility index (Phi) is 5.40. The molecular weight excluding hydrogens is 328 g/mol. The molecule has 0 saturated carbocycles. The Morgan fingerprint density at radius 2 is 2.05 bits per heavy atom. The van der Waals surface area contributed by atoms with Gasteiger partial charge in [0.25, 0.3) is 5.91 Å². The number of hydrogen-bond donors (Lipinski definition) is 4. The minimum atomic E-state index is -4.08. The molecule has 0 aliphatic rings. The van der Waals surface area contributed by atoms with E-state index in [1.165, 1.54) is 12.1 Å². The first-order valence-corrected chi connectivity index (χ1v) is 7.69. The van der Waals surface area contributed by atoms with Crippen LogP contribution in [0.1, 0.15) is 10.4 Å². The topological polar surface area (TPSA) is 127 Å². The largest absolute Gasteiger partial charge is 0.480 e. The number of carboxylic acid groups (broad SMARTS) is 1. The van der Waals surface area contributed by atoms with Crippen molar-refractivity contribution in [2.24, 2.45) is 5.14 Å². The second kappa shape index (κ2) is 6.44. The zero-order valence-corrected chi connectivity index (χ0v) is 12.4. The first-order valence-electron chi connectivity index (χ1n) is 5.13. The molecule has 1 rings (SSSR count). The molecule has 1 aromatic carbocycles. The molecule has 0 radical (unpaired) electrons. The fraction of sp³-hybridized carbons (Fsp3) is 0.200. The molecule has 0 aliphatic heterocycles. The average Bonchev–Trinajstić information content (AvgIpc) is 2.34. The van der Waals surface area contributed by atoms with E-state index in [1.807, 2.05) is 0 Å². The van der Waals surface area contributed by atoms with Crippen molar-refractivity contribution in [1.29, 1.82) is 0 Å². The summed E-state index contributed by atoms with van der Waals surface area (Å²) >= 11 is 9.46. The zero-order chi connectivity index (χ0) is 15.5. The van der Waals surface area contributed by atoms with Crippen molar-refractivity contribution in [2.75, 3.05) is 5.75 Å². The molecule has 0 heterocycles. The van der Waals surface area contributed by atoms with Gasteiger partial charge in [0.05, 0.1) is 5.02 Å². The predicted molar refractivity (Wildman–Crippen MR) is 75.6 cm³/mol. The summed E-state index contributed by atoms with van der Waals surface area (Å²) in [5.41, 5.74) is -0.0774. The van der Waals surface area contributed by atoms with Gasteiger partial charge in [-0.3, -0.25) is 4.79 Å². The van der Waals surface area contributed by atoms with Gasteiger partial charge < -0.3 is 10.4 Å². The third-order valence-electron chi connectivity index (χ3n) is 2.29. The number of hydrogen-bond acceptors (Lipinski definition) is 5. The van der Waals surface area contributed by atoms with Crippen molar-refractivity contribution in [1.82, 2.24) is 5.32 Å². The number of primary sulfonamides is 1. The third-order valence-corrected chi connectivity index (χ3v) is 4.04. The van der Waals surface area contributed by atoms with Gasteiger partial charge >= 0.3 is 5.97 Å². The third kappa shape index (κ3) is 4.10. The van der Waals surface area contributed by atoms with E-state index in [0.717, 1.165) is 6.07 Å². The molecule has 1 atom stereocenters. The molecule has 0 unspecified atom stereocenters. The van der Waals surface area contributed by atoms with Crippen molar-refractivity contribution in [2.45, 2.75) is 10.9 Å². The van der Waals surface area contributed by atoms with E-state index in [4.69, 9.17) is 21.8 Å². The molecule has 0 fully saturated rings. The van der Waals surface area contributed by atoms with Crippen LogP contribution in [0.25, 0.3) is 0 Å². The Labute approximate surface area is 125 Å². The smallest absolute Gasteiger partial charge is 0.327 e. The van der Waals surface area contributed by atoms with Crippen LogP contribution in [0.2, 0.25) is 5.02 Å². The summed E-state index contributed by atoms with van der Waals surface area (Å²) in [7, 11) is -4.08. The van der Waals surface area contributed by atoms with Crippen LogP contribution in [0.3, 0.4) is 0 Å². The summed E-state index contributed by atoms with van der Waals surface area (Å²) in [6.45, 7) is 0. The number of carbonyl (C=O) groups is 2. The number of nitrogens with two attached hydrogens (primary N) is 1. The van der Waals surface area contributed by atoms with Gasteiger partial charge in [0, 0.05) is 11.3 Å².